The minimum Gasteiger partial charge on any atom is -0.480 e. The Kier molecular flexibility index (Phi) is 13.0. The predicted octanol–water partition coefficient (Wildman–Crippen LogP) is 1.74. The van der Waals surface area contributed by atoms with Gasteiger partial charge < -0.3 is 31.8 Å². The van der Waals surface area contributed by atoms with Gasteiger partial charge in [0.25, 0.3) is 0 Å². The number of nitrogens with two attached hydrogens (primary N) is 1. The fourth-order valence-corrected chi connectivity index (χ4v) is 4.79. The van der Waals surface area contributed by atoms with Crippen molar-refractivity contribution < 1.29 is 24.3 Å². The number of fused-ring (bicyclic) bond motifs is 1. The van der Waals surface area contributed by atoms with Crippen LogP contribution in [-0.2, 0) is 25.6 Å². The molecule has 0 aliphatic heterocycles. The van der Waals surface area contributed by atoms with Gasteiger partial charge in [0.1, 0.15) is 18.1 Å². The number of para-hydroxylation sites is 1. The largest absolute Gasteiger partial charge is 0.480 e. The third-order valence-corrected chi connectivity index (χ3v) is 7.51. The van der Waals surface area contributed by atoms with Gasteiger partial charge in [0.15, 0.2) is 0 Å². The lowest BCUT2D eigenvalue weighted by atomic mass is 10.0. The molecule has 210 valence electrons. The summed E-state index contributed by atoms with van der Waals surface area (Å²) in [5.74, 6) is -1.72. The molecule has 2 aromatic rings. The molecular formula is C26H39N5O5S2. The number of benzene rings is 1. The topological polar surface area (TPSA) is 166 Å². The van der Waals surface area contributed by atoms with Crippen LogP contribution in [0.3, 0.4) is 0 Å². The second kappa shape index (κ2) is 15.6. The zero-order valence-corrected chi connectivity index (χ0v) is 23.9. The number of carboxylic acids is 1. The zero-order valence-electron chi connectivity index (χ0n) is 22.3. The highest BCUT2D eigenvalue weighted by molar-refractivity contribution is 7.98. The average Bonchev–Trinajstić information content (AvgIpc) is 3.30. The molecule has 0 fully saturated rings. The van der Waals surface area contributed by atoms with E-state index < -0.39 is 47.9 Å². The molecule has 7 N–H and O–H groups in total. The van der Waals surface area contributed by atoms with Gasteiger partial charge >= 0.3 is 5.97 Å². The predicted molar refractivity (Wildman–Crippen MR) is 154 cm³/mol. The maximum Gasteiger partial charge on any atom is 0.326 e. The number of carbonyl (C=O) groups is 4. The van der Waals surface area contributed by atoms with Gasteiger partial charge in [-0.15, -0.1) is 0 Å². The highest BCUT2D eigenvalue weighted by atomic mass is 32.2. The van der Waals surface area contributed by atoms with E-state index in [-0.39, 0.29) is 18.8 Å². The first kappa shape index (κ1) is 31.5. The van der Waals surface area contributed by atoms with Crippen LogP contribution >= 0.6 is 23.5 Å². The second-order valence-corrected chi connectivity index (χ2v) is 11.4. The van der Waals surface area contributed by atoms with Gasteiger partial charge in [-0.25, -0.2) is 4.79 Å². The van der Waals surface area contributed by atoms with Crippen LogP contribution in [0, 0.1) is 5.92 Å². The first-order valence-corrected chi connectivity index (χ1v) is 15.3. The minimum atomic E-state index is -1.13. The third-order valence-electron chi connectivity index (χ3n) is 6.22. The van der Waals surface area contributed by atoms with Gasteiger partial charge in [-0.2, -0.15) is 23.5 Å². The van der Waals surface area contributed by atoms with E-state index in [0.29, 0.717) is 17.9 Å². The molecule has 4 atom stereocenters. The van der Waals surface area contributed by atoms with E-state index >= 15 is 0 Å². The van der Waals surface area contributed by atoms with Crippen molar-refractivity contribution in [3.8, 4) is 0 Å². The number of aromatic amines is 1. The summed E-state index contributed by atoms with van der Waals surface area (Å²) < 4.78 is 0. The molecule has 1 aromatic heterocycles. The molecule has 0 aliphatic carbocycles. The Morgan fingerprint density at radius 1 is 0.895 bits per heavy atom. The maximum atomic E-state index is 13.5. The summed E-state index contributed by atoms with van der Waals surface area (Å²) in [6.45, 7) is 3.63. The molecule has 0 aliphatic rings. The summed E-state index contributed by atoms with van der Waals surface area (Å²) in [5, 5.41) is 18.5. The Labute approximate surface area is 232 Å². The molecule has 2 rings (SSSR count). The monoisotopic (exact) mass is 565 g/mol. The minimum absolute atomic E-state index is 0.138. The summed E-state index contributed by atoms with van der Waals surface area (Å²) in [6, 6.07) is 3.80. The second-order valence-electron chi connectivity index (χ2n) is 9.42. The molecule has 12 heteroatoms. The van der Waals surface area contributed by atoms with Crippen molar-refractivity contribution in [3.63, 3.8) is 0 Å². The van der Waals surface area contributed by atoms with E-state index in [1.54, 1.807) is 6.20 Å². The number of hydrogen-bond acceptors (Lipinski definition) is 7. The number of H-pyrrole nitrogens is 1. The average molecular weight is 566 g/mol. The fourth-order valence-electron chi connectivity index (χ4n) is 3.84. The summed E-state index contributed by atoms with van der Waals surface area (Å²) in [5.41, 5.74) is 7.76. The molecule has 0 radical (unpaired) electrons. The molecule has 10 nitrogen and oxygen atoms in total. The Morgan fingerprint density at radius 3 is 2.05 bits per heavy atom. The fraction of sp³-hybridized carbons (Fsp3) is 0.538. The van der Waals surface area contributed by atoms with Crippen molar-refractivity contribution in [2.24, 2.45) is 11.7 Å². The van der Waals surface area contributed by atoms with Gasteiger partial charge in [-0.05, 0) is 54.4 Å². The number of carboxylic acid groups (broad SMARTS) is 1. The standard InChI is InChI=1S/C26H39N5O5S2/c1-15(2)22(27)25(34)31-21(13-16-14-28-18-8-6-5-7-17(16)18)24(33)29-19(9-11-37-3)23(32)30-20(26(35)36)10-12-38-4/h5-8,14-15,19-22,28H,9-13,27H2,1-4H3,(H,29,33)(H,30,32)(H,31,34)(H,35,36). The summed E-state index contributed by atoms with van der Waals surface area (Å²) in [4.78, 5) is 54.3. The van der Waals surface area contributed by atoms with Crippen molar-refractivity contribution in [2.75, 3.05) is 24.0 Å². The van der Waals surface area contributed by atoms with Crippen LogP contribution in [-0.4, -0.2) is 82.0 Å². The van der Waals surface area contributed by atoms with E-state index in [4.69, 9.17) is 5.73 Å². The van der Waals surface area contributed by atoms with Gasteiger partial charge in [0, 0.05) is 23.5 Å². The van der Waals surface area contributed by atoms with Gasteiger partial charge in [0.05, 0.1) is 6.04 Å². The third kappa shape index (κ3) is 9.25. The zero-order chi connectivity index (χ0) is 28.2. The first-order valence-electron chi connectivity index (χ1n) is 12.5. The van der Waals surface area contributed by atoms with Crippen LogP contribution in [0.5, 0.6) is 0 Å². The molecule has 0 spiro atoms. The molecule has 1 aromatic carbocycles. The molecule has 38 heavy (non-hydrogen) atoms. The van der Waals surface area contributed by atoms with Crippen LogP contribution in [0.1, 0.15) is 32.3 Å². The van der Waals surface area contributed by atoms with E-state index in [1.165, 1.54) is 23.5 Å². The van der Waals surface area contributed by atoms with E-state index in [0.717, 1.165) is 16.5 Å². The number of thioether (sulfide) groups is 2. The molecular weight excluding hydrogens is 526 g/mol. The molecule has 4 unspecified atom stereocenters. The number of aliphatic carboxylic acids is 1. The Balaban J connectivity index is 2.27. The number of carbonyl (C=O) groups excluding carboxylic acids is 3. The smallest absolute Gasteiger partial charge is 0.326 e. The van der Waals surface area contributed by atoms with Crippen molar-refractivity contribution in [1.82, 2.24) is 20.9 Å². The van der Waals surface area contributed by atoms with Crippen molar-refractivity contribution >= 4 is 58.1 Å². The normalized spacial score (nSPS) is 14.5. The van der Waals surface area contributed by atoms with Crippen LogP contribution in [0.4, 0.5) is 0 Å². The van der Waals surface area contributed by atoms with Crippen LogP contribution < -0.4 is 21.7 Å². The highest BCUT2D eigenvalue weighted by Crippen LogP contribution is 2.19. The lowest BCUT2D eigenvalue weighted by Crippen LogP contribution is -2.58. The number of amides is 3. The van der Waals surface area contributed by atoms with E-state index in [1.807, 2.05) is 50.6 Å². The summed E-state index contributed by atoms with van der Waals surface area (Å²) >= 11 is 2.99. The molecule has 0 saturated carbocycles. The van der Waals surface area contributed by atoms with Crippen molar-refractivity contribution in [2.45, 2.75) is 57.3 Å². The Hall–Kier alpha value is -2.70. The molecule has 0 bridgehead atoms. The van der Waals surface area contributed by atoms with Crippen LogP contribution in [0.15, 0.2) is 30.5 Å². The maximum absolute atomic E-state index is 13.5. The number of hydrogen-bond donors (Lipinski definition) is 6. The SMILES string of the molecule is CSCCC(NC(=O)C(CCSC)NC(=O)C(Cc1c[nH]c2ccccc12)NC(=O)C(N)C(C)C)C(=O)O. The summed E-state index contributed by atoms with van der Waals surface area (Å²) in [6.07, 6.45) is 6.26. The number of nitrogens with one attached hydrogen (secondary N) is 4. The van der Waals surface area contributed by atoms with Crippen LogP contribution in [0.2, 0.25) is 0 Å². The molecule has 1 heterocycles. The highest BCUT2D eigenvalue weighted by Gasteiger charge is 2.31. The van der Waals surface area contributed by atoms with Gasteiger partial charge in [0.2, 0.25) is 17.7 Å². The lowest BCUT2D eigenvalue weighted by molar-refractivity contribution is -0.142. The van der Waals surface area contributed by atoms with Gasteiger partial charge in [-0.1, -0.05) is 32.0 Å². The van der Waals surface area contributed by atoms with E-state index in [9.17, 15) is 24.3 Å². The Morgan fingerprint density at radius 2 is 1.45 bits per heavy atom. The van der Waals surface area contributed by atoms with Crippen LogP contribution in [0.25, 0.3) is 10.9 Å². The van der Waals surface area contributed by atoms with Crippen molar-refractivity contribution in [3.05, 3.63) is 36.0 Å². The number of aromatic nitrogens is 1. The van der Waals surface area contributed by atoms with Crippen molar-refractivity contribution in [1.29, 1.82) is 0 Å². The van der Waals surface area contributed by atoms with Gasteiger partial charge in [-0.3, -0.25) is 14.4 Å². The number of rotatable bonds is 16. The first-order chi connectivity index (χ1) is 18.1. The molecule has 0 saturated heterocycles. The Bertz CT molecular complexity index is 1090. The summed E-state index contributed by atoms with van der Waals surface area (Å²) in [7, 11) is 0. The quantitative estimate of drug-likeness (QED) is 0.179. The lowest BCUT2D eigenvalue weighted by Gasteiger charge is -2.25. The van der Waals surface area contributed by atoms with E-state index in [2.05, 4.69) is 20.9 Å². The molecule has 3 amide bonds.